The van der Waals surface area contributed by atoms with Crippen LogP contribution < -0.4 is 0 Å². The van der Waals surface area contributed by atoms with Crippen molar-refractivity contribution in [1.82, 2.24) is 14.9 Å². The van der Waals surface area contributed by atoms with Gasteiger partial charge >= 0.3 is 5.97 Å². The molecule has 90 valence electrons. The number of ether oxygens (including phenoxy) is 1. The van der Waals surface area contributed by atoms with Crippen molar-refractivity contribution in [2.75, 3.05) is 7.11 Å². The number of carboxylic acid groups (broad SMARTS) is 1. The molecule has 0 fully saturated rings. The third-order valence-corrected chi connectivity index (χ3v) is 2.14. The van der Waals surface area contributed by atoms with Gasteiger partial charge in [0.2, 0.25) is 0 Å². The van der Waals surface area contributed by atoms with Gasteiger partial charge in [0, 0.05) is 19.4 Å². The molecule has 0 amide bonds. The van der Waals surface area contributed by atoms with Gasteiger partial charge in [-0.3, -0.25) is 4.68 Å². The molecule has 0 unspecified atom stereocenters. The molecule has 0 aromatic carbocycles. The highest BCUT2D eigenvalue weighted by atomic mass is 16.5. The average Bonchev–Trinajstić information content (AvgIpc) is 2.89. The van der Waals surface area contributed by atoms with E-state index in [-0.39, 0.29) is 12.2 Å². The summed E-state index contributed by atoms with van der Waals surface area (Å²) in [5, 5.41) is 16.6. The quantitative estimate of drug-likeness (QED) is 0.825. The summed E-state index contributed by atoms with van der Waals surface area (Å²) in [5.74, 6) is -0.436. The first-order valence-corrected chi connectivity index (χ1v) is 4.89. The predicted molar refractivity (Wildman–Crippen MR) is 55.5 cm³/mol. The second kappa shape index (κ2) is 4.79. The van der Waals surface area contributed by atoms with E-state index < -0.39 is 5.97 Å². The van der Waals surface area contributed by atoms with Crippen LogP contribution in [0.5, 0.6) is 0 Å². The Morgan fingerprint density at radius 3 is 3.18 bits per heavy atom. The molecule has 2 heterocycles. The molecule has 2 aromatic heterocycles. The van der Waals surface area contributed by atoms with E-state index in [1.807, 2.05) is 0 Å². The maximum absolute atomic E-state index is 10.9. The molecule has 0 aliphatic carbocycles. The van der Waals surface area contributed by atoms with Crippen LogP contribution in [0.1, 0.15) is 21.9 Å². The van der Waals surface area contributed by atoms with Gasteiger partial charge in [0.25, 0.3) is 0 Å². The summed E-state index contributed by atoms with van der Waals surface area (Å²) in [6.45, 7) is 0.583. The minimum absolute atomic E-state index is 0.112. The number of carbonyl (C=O) groups is 1. The maximum atomic E-state index is 10.9. The van der Waals surface area contributed by atoms with Crippen molar-refractivity contribution in [3.63, 3.8) is 0 Å². The average molecular weight is 237 g/mol. The summed E-state index contributed by atoms with van der Waals surface area (Å²) in [4.78, 5) is 10.9. The summed E-state index contributed by atoms with van der Waals surface area (Å²) in [6, 6.07) is 3.13. The second-order valence-corrected chi connectivity index (χ2v) is 3.40. The van der Waals surface area contributed by atoms with E-state index in [4.69, 9.17) is 14.4 Å². The maximum Gasteiger partial charge on any atom is 0.354 e. The molecule has 17 heavy (non-hydrogen) atoms. The van der Waals surface area contributed by atoms with Crippen molar-refractivity contribution < 1.29 is 19.2 Å². The van der Waals surface area contributed by atoms with Crippen LogP contribution in [0, 0.1) is 0 Å². The molecule has 0 radical (unpaired) electrons. The van der Waals surface area contributed by atoms with Crippen molar-refractivity contribution in [3.05, 3.63) is 35.5 Å². The summed E-state index contributed by atoms with van der Waals surface area (Å²) >= 11 is 0. The van der Waals surface area contributed by atoms with Crippen molar-refractivity contribution in [3.8, 4) is 0 Å². The highest BCUT2D eigenvalue weighted by Crippen LogP contribution is 2.08. The first-order valence-electron chi connectivity index (χ1n) is 4.89. The van der Waals surface area contributed by atoms with Gasteiger partial charge in [-0.15, -0.1) is 0 Å². The van der Waals surface area contributed by atoms with Crippen LogP contribution in [0.25, 0.3) is 0 Å². The molecule has 0 atom stereocenters. The Balaban J connectivity index is 2.14. The molecular formula is C10H11N3O4. The van der Waals surface area contributed by atoms with Gasteiger partial charge in [0.05, 0.1) is 6.54 Å². The first kappa shape index (κ1) is 11.3. The summed E-state index contributed by atoms with van der Waals surface area (Å²) in [7, 11) is 1.55. The Morgan fingerprint density at radius 2 is 2.47 bits per heavy atom. The van der Waals surface area contributed by atoms with Crippen LogP contribution in [0.3, 0.4) is 0 Å². The fraction of sp³-hybridized carbons (Fsp3) is 0.300. The SMILES string of the molecule is COCc1cc(Cn2nccc2C(=O)O)no1. The van der Waals surface area contributed by atoms with Crippen LogP contribution >= 0.6 is 0 Å². The van der Waals surface area contributed by atoms with E-state index in [0.717, 1.165) is 0 Å². The monoisotopic (exact) mass is 237 g/mol. The Bertz CT molecular complexity index is 517. The second-order valence-electron chi connectivity index (χ2n) is 3.40. The van der Waals surface area contributed by atoms with E-state index >= 15 is 0 Å². The van der Waals surface area contributed by atoms with E-state index in [9.17, 15) is 4.79 Å². The molecule has 2 aromatic rings. The van der Waals surface area contributed by atoms with Crippen LogP contribution in [0.2, 0.25) is 0 Å². The minimum atomic E-state index is -1.02. The molecule has 0 bridgehead atoms. The van der Waals surface area contributed by atoms with Gasteiger partial charge in [0.15, 0.2) is 5.76 Å². The normalized spacial score (nSPS) is 10.6. The molecule has 0 spiro atoms. The zero-order valence-corrected chi connectivity index (χ0v) is 9.16. The number of hydrogen-bond acceptors (Lipinski definition) is 5. The zero-order chi connectivity index (χ0) is 12.3. The Morgan fingerprint density at radius 1 is 1.65 bits per heavy atom. The lowest BCUT2D eigenvalue weighted by atomic mass is 10.3. The number of hydrogen-bond donors (Lipinski definition) is 1. The summed E-state index contributed by atoms with van der Waals surface area (Å²) < 4.78 is 11.2. The summed E-state index contributed by atoms with van der Waals surface area (Å²) in [5.41, 5.74) is 0.713. The molecule has 0 aliphatic rings. The lowest BCUT2D eigenvalue weighted by Crippen LogP contribution is -2.10. The fourth-order valence-electron chi connectivity index (χ4n) is 1.43. The van der Waals surface area contributed by atoms with E-state index in [2.05, 4.69) is 10.3 Å². The van der Waals surface area contributed by atoms with Gasteiger partial charge in [-0.1, -0.05) is 5.16 Å². The third-order valence-electron chi connectivity index (χ3n) is 2.14. The van der Waals surface area contributed by atoms with Crippen molar-refractivity contribution >= 4 is 5.97 Å². The van der Waals surface area contributed by atoms with E-state index in [1.54, 1.807) is 13.2 Å². The minimum Gasteiger partial charge on any atom is -0.477 e. The predicted octanol–water partition coefficient (Wildman–Crippen LogP) is 0.764. The number of methoxy groups -OCH3 is 1. The molecule has 2 rings (SSSR count). The molecule has 7 heteroatoms. The number of aromatic nitrogens is 3. The smallest absolute Gasteiger partial charge is 0.354 e. The highest BCUT2D eigenvalue weighted by molar-refractivity contribution is 5.85. The van der Waals surface area contributed by atoms with Crippen LogP contribution in [0.4, 0.5) is 0 Å². The topological polar surface area (TPSA) is 90.4 Å². The van der Waals surface area contributed by atoms with Crippen LogP contribution in [-0.4, -0.2) is 33.1 Å². The van der Waals surface area contributed by atoms with Gasteiger partial charge in [0.1, 0.15) is 18.0 Å². The number of rotatable bonds is 5. The Labute approximate surface area is 96.6 Å². The lowest BCUT2D eigenvalue weighted by Gasteiger charge is -2.00. The van der Waals surface area contributed by atoms with Crippen molar-refractivity contribution in [2.24, 2.45) is 0 Å². The largest absolute Gasteiger partial charge is 0.477 e. The standard InChI is InChI=1S/C10H11N3O4/c1-16-6-8-4-7(12-17-8)5-13-9(10(14)15)2-3-11-13/h2-4H,5-6H2,1H3,(H,14,15). The Kier molecular flexibility index (Phi) is 3.20. The Hall–Kier alpha value is -2.15. The highest BCUT2D eigenvalue weighted by Gasteiger charge is 2.12. The number of nitrogens with zero attached hydrogens (tertiary/aromatic N) is 3. The molecule has 1 N–H and O–H groups in total. The lowest BCUT2D eigenvalue weighted by molar-refractivity contribution is 0.0684. The van der Waals surface area contributed by atoms with E-state index in [1.165, 1.54) is 16.9 Å². The van der Waals surface area contributed by atoms with Gasteiger partial charge in [-0.2, -0.15) is 5.10 Å². The van der Waals surface area contributed by atoms with Gasteiger partial charge < -0.3 is 14.4 Å². The number of aromatic carboxylic acids is 1. The van der Waals surface area contributed by atoms with E-state index in [0.29, 0.717) is 18.1 Å². The summed E-state index contributed by atoms with van der Waals surface area (Å²) in [6.07, 6.45) is 1.43. The van der Waals surface area contributed by atoms with Crippen LogP contribution in [0.15, 0.2) is 22.9 Å². The fourth-order valence-corrected chi connectivity index (χ4v) is 1.43. The van der Waals surface area contributed by atoms with Gasteiger partial charge in [-0.05, 0) is 6.07 Å². The molecule has 7 nitrogen and oxygen atoms in total. The van der Waals surface area contributed by atoms with Gasteiger partial charge in [-0.25, -0.2) is 4.79 Å². The molecule has 0 saturated carbocycles. The van der Waals surface area contributed by atoms with Crippen molar-refractivity contribution in [1.29, 1.82) is 0 Å². The number of carboxylic acids is 1. The molecule has 0 saturated heterocycles. The first-order chi connectivity index (χ1) is 8.20. The third kappa shape index (κ3) is 2.51. The molecular weight excluding hydrogens is 226 g/mol. The van der Waals surface area contributed by atoms with Crippen LogP contribution in [-0.2, 0) is 17.9 Å². The molecule has 0 aliphatic heterocycles. The van der Waals surface area contributed by atoms with Crippen molar-refractivity contribution in [2.45, 2.75) is 13.2 Å². The zero-order valence-electron chi connectivity index (χ0n) is 9.16.